The molecule has 1 aromatic carbocycles. The predicted molar refractivity (Wildman–Crippen MR) is 86.4 cm³/mol. The molecule has 1 aliphatic heterocycles. The molecule has 2 N–H and O–H groups in total. The van der Waals surface area contributed by atoms with E-state index in [1.807, 2.05) is 0 Å². The van der Waals surface area contributed by atoms with Crippen molar-refractivity contribution in [2.75, 3.05) is 11.9 Å². The maximum atomic E-state index is 11.5. The number of anilines is 1. The number of fused-ring (bicyclic) bond motifs is 1. The topological polar surface area (TPSA) is 41.1 Å². The lowest BCUT2D eigenvalue weighted by atomic mass is 9.83. The van der Waals surface area contributed by atoms with E-state index < -0.39 is 0 Å². The number of amides is 1. The molecular weight excluding hydrogens is 260 g/mol. The van der Waals surface area contributed by atoms with E-state index in [1.54, 1.807) is 0 Å². The zero-order valence-corrected chi connectivity index (χ0v) is 13.0. The van der Waals surface area contributed by atoms with E-state index in [1.165, 1.54) is 44.1 Å². The van der Waals surface area contributed by atoms with Crippen LogP contribution in [0.4, 0.5) is 5.69 Å². The monoisotopic (exact) mass is 286 g/mol. The van der Waals surface area contributed by atoms with Gasteiger partial charge in [0, 0.05) is 11.7 Å². The standard InChI is InChI=1S/C18H26N2O/c1-2-19-17(10-13-6-4-3-5-7-13)14-8-9-16-15(11-14)12-18(21)20-16/h8-9,11,13,17,19H,2-7,10,12H2,1H3,(H,20,21). The molecule has 1 amide bonds. The van der Waals surface area contributed by atoms with Crippen molar-refractivity contribution in [1.29, 1.82) is 0 Å². The van der Waals surface area contributed by atoms with Crippen LogP contribution in [0.5, 0.6) is 0 Å². The molecule has 0 radical (unpaired) electrons. The first-order chi connectivity index (χ1) is 10.3. The third kappa shape index (κ3) is 3.46. The normalized spacial score (nSPS) is 20.1. The molecule has 1 aromatic rings. The Labute approximate surface area is 127 Å². The van der Waals surface area contributed by atoms with Crippen LogP contribution in [-0.4, -0.2) is 12.5 Å². The molecule has 1 unspecified atom stereocenters. The average molecular weight is 286 g/mol. The molecule has 3 heteroatoms. The lowest BCUT2D eigenvalue weighted by Crippen LogP contribution is -2.24. The molecule has 1 atom stereocenters. The van der Waals surface area contributed by atoms with Gasteiger partial charge in [-0.1, -0.05) is 51.2 Å². The molecule has 1 aliphatic carbocycles. The fraction of sp³-hybridized carbons (Fsp3) is 0.611. The molecule has 0 spiro atoms. The first-order valence-electron chi connectivity index (χ1n) is 8.42. The van der Waals surface area contributed by atoms with Gasteiger partial charge in [-0.25, -0.2) is 0 Å². The largest absolute Gasteiger partial charge is 0.326 e. The summed E-state index contributed by atoms with van der Waals surface area (Å²) in [5, 5.41) is 6.56. The zero-order valence-electron chi connectivity index (χ0n) is 13.0. The lowest BCUT2D eigenvalue weighted by molar-refractivity contribution is -0.115. The van der Waals surface area contributed by atoms with E-state index in [0.717, 1.165) is 23.7 Å². The Bertz CT molecular complexity index is 506. The molecule has 1 fully saturated rings. The maximum Gasteiger partial charge on any atom is 0.228 e. The Morgan fingerprint density at radius 2 is 2.10 bits per heavy atom. The van der Waals surface area contributed by atoms with Gasteiger partial charge in [-0.05, 0) is 36.1 Å². The molecule has 3 nitrogen and oxygen atoms in total. The molecule has 1 heterocycles. The third-order valence-corrected chi connectivity index (χ3v) is 4.90. The van der Waals surface area contributed by atoms with Gasteiger partial charge in [-0.15, -0.1) is 0 Å². The van der Waals surface area contributed by atoms with Gasteiger partial charge >= 0.3 is 0 Å². The molecule has 0 bridgehead atoms. The summed E-state index contributed by atoms with van der Waals surface area (Å²) in [7, 11) is 0. The molecule has 114 valence electrons. The van der Waals surface area contributed by atoms with Crippen molar-refractivity contribution < 1.29 is 4.79 Å². The predicted octanol–water partition coefficient (Wildman–Crippen LogP) is 3.80. The average Bonchev–Trinajstić information content (AvgIpc) is 2.87. The molecule has 2 aliphatic rings. The van der Waals surface area contributed by atoms with E-state index in [2.05, 4.69) is 35.8 Å². The van der Waals surface area contributed by atoms with Crippen LogP contribution in [-0.2, 0) is 11.2 Å². The number of carbonyl (C=O) groups is 1. The van der Waals surface area contributed by atoms with Crippen molar-refractivity contribution in [2.24, 2.45) is 5.92 Å². The summed E-state index contributed by atoms with van der Waals surface area (Å²) in [5.41, 5.74) is 3.50. The summed E-state index contributed by atoms with van der Waals surface area (Å²) in [5.74, 6) is 0.977. The van der Waals surface area contributed by atoms with Gasteiger partial charge < -0.3 is 10.6 Å². The van der Waals surface area contributed by atoms with E-state index in [9.17, 15) is 4.79 Å². The van der Waals surface area contributed by atoms with Crippen molar-refractivity contribution in [1.82, 2.24) is 5.32 Å². The van der Waals surface area contributed by atoms with Gasteiger partial charge in [-0.2, -0.15) is 0 Å². The van der Waals surface area contributed by atoms with Crippen LogP contribution in [0.15, 0.2) is 18.2 Å². The first kappa shape index (κ1) is 14.6. The van der Waals surface area contributed by atoms with Crippen molar-refractivity contribution in [3.8, 4) is 0 Å². The molecule has 3 rings (SSSR count). The Hall–Kier alpha value is -1.35. The third-order valence-electron chi connectivity index (χ3n) is 4.90. The fourth-order valence-electron chi connectivity index (χ4n) is 3.81. The van der Waals surface area contributed by atoms with Gasteiger partial charge in [0.1, 0.15) is 0 Å². The molecule has 21 heavy (non-hydrogen) atoms. The van der Waals surface area contributed by atoms with Crippen LogP contribution in [0.2, 0.25) is 0 Å². The summed E-state index contributed by atoms with van der Waals surface area (Å²) in [6, 6.07) is 6.91. The van der Waals surface area contributed by atoms with Crippen molar-refractivity contribution in [3.63, 3.8) is 0 Å². The van der Waals surface area contributed by atoms with E-state index >= 15 is 0 Å². The molecule has 0 saturated heterocycles. The van der Waals surface area contributed by atoms with E-state index in [0.29, 0.717) is 12.5 Å². The second-order valence-electron chi connectivity index (χ2n) is 6.49. The quantitative estimate of drug-likeness (QED) is 0.864. The van der Waals surface area contributed by atoms with Gasteiger partial charge in [0.2, 0.25) is 5.91 Å². The smallest absolute Gasteiger partial charge is 0.228 e. The highest BCUT2D eigenvalue weighted by atomic mass is 16.1. The lowest BCUT2D eigenvalue weighted by Gasteiger charge is -2.27. The Morgan fingerprint density at radius 3 is 2.86 bits per heavy atom. The highest BCUT2D eigenvalue weighted by molar-refractivity contribution is 5.99. The minimum absolute atomic E-state index is 0.120. The number of nitrogens with one attached hydrogen (secondary N) is 2. The molecular formula is C18H26N2O. The SMILES string of the molecule is CCNC(CC1CCCCC1)c1ccc2c(c1)CC(=O)N2. The molecule has 1 saturated carbocycles. The van der Waals surface area contributed by atoms with Crippen molar-refractivity contribution in [2.45, 2.75) is 57.9 Å². The first-order valence-corrected chi connectivity index (χ1v) is 8.42. The number of rotatable bonds is 5. The fourth-order valence-corrected chi connectivity index (χ4v) is 3.81. The van der Waals surface area contributed by atoms with Crippen molar-refractivity contribution >= 4 is 11.6 Å². The van der Waals surface area contributed by atoms with Gasteiger partial charge in [0.15, 0.2) is 0 Å². The summed E-state index contributed by atoms with van der Waals surface area (Å²) in [6.45, 7) is 3.16. The van der Waals surface area contributed by atoms with E-state index in [4.69, 9.17) is 0 Å². The Morgan fingerprint density at radius 1 is 1.29 bits per heavy atom. The number of carbonyl (C=O) groups excluding carboxylic acids is 1. The maximum absolute atomic E-state index is 11.5. The van der Waals surface area contributed by atoms with Crippen LogP contribution < -0.4 is 10.6 Å². The summed E-state index contributed by atoms with van der Waals surface area (Å²) >= 11 is 0. The second-order valence-corrected chi connectivity index (χ2v) is 6.49. The second kappa shape index (κ2) is 6.61. The summed E-state index contributed by atoms with van der Waals surface area (Å²) in [4.78, 5) is 11.5. The van der Waals surface area contributed by atoms with Crippen molar-refractivity contribution in [3.05, 3.63) is 29.3 Å². The zero-order chi connectivity index (χ0) is 14.7. The number of benzene rings is 1. The van der Waals surface area contributed by atoms with Crippen LogP contribution in [0.25, 0.3) is 0 Å². The minimum atomic E-state index is 0.120. The Kier molecular flexibility index (Phi) is 4.59. The van der Waals surface area contributed by atoms with Crippen LogP contribution >= 0.6 is 0 Å². The summed E-state index contributed by atoms with van der Waals surface area (Å²) in [6.07, 6.45) is 8.73. The highest BCUT2D eigenvalue weighted by Gasteiger charge is 2.22. The van der Waals surface area contributed by atoms with E-state index in [-0.39, 0.29) is 5.91 Å². The van der Waals surface area contributed by atoms with Gasteiger partial charge in [0.25, 0.3) is 0 Å². The van der Waals surface area contributed by atoms with Gasteiger partial charge in [-0.3, -0.25) is 4.79 Å². The number of hydrogen-bond acceptors (Lipinski definition) is 2. The Balaban J connectivity index is 1.74. The number of hydrogen-bond donors (Lipinski definition) is 2. The van der Waals surface area contributed by atoms with Crippen LogP contribution in [0.1, 0.15) is 62.6 Å². The van der Waals surface area contributed by atoms with Crippen LogP contribution in [0.3, 0.4) is 0 Å². The van der Waals surface area contributed by atoms with Crippen LogP contribution in [0, 0.1) is 5.92 Å². The van der Waals surface area contributed by atoms with Gasteiger partial charge in [0.05, 0.1) is 6.42 Å². The highest BCUT2D eigenvalue weighted by Crippen LogP contribution is 2.33. The summed E-state index contributed by atoms with van der Waals surface area (Å²) < 4.78 is 0. The molecule has 0 aromatic heterocycles. The minimum Gasteiger partial charge on any atom is -0.326 e.